The number of fused-ring (bicyclic) bond motifs is 2. The number of anilines is 4. The van der Waals surface area contributed by atoms with Gasteiger partial charge in [0.05, 0.1) is 38.1 Å². The Morgan fingerprint density at radius 2 is 1.00 bits per heavy atom. The zero-order valence-electron chi connectivity index (χ0n) is 45.3. The number of aliphatic hydroxyl groups is 2. The van der Waals surface area contributed by atoms with Crippen LogP contribution in [0.2, 0.25) is 0 Å². The lowest BCUT2D eigenvalue weighted by Crippen LogP contribution is -2.41. The van der Waals surface area contributed by atoms with E-state index in [1.54, 1.807) is 102 Å². The summed E-state index contributed by atoms with van der Waals surface area (Å²) < 4.78 is 106. The van der Waals surface area contributed by atoms with Crippen LogP contribution in [0.15, 0.2) is 73.3 Å². The fourth-order valence-corrected chi connectivity index (χ4v) is 11.3. The predicted molar refractivity (Wildman–Crippen MR) is 286 cm³/mol. The molecular formula is C48H66F2N14O14P2. The normalized spacial score (nSPS) is 25.1. The van der Waals surface area contributed by atoms with Crippen LogP contribution in [0.5, 0.6) is 11.5 Å². The standard InChI is InChI=1S/2C24H33FN7O7P/c2*1-13(2)37-21(34)14(3)31-40(35,39-15-9-7-6-8-10-15)36-11-16-18(33)24(4,25)22(38-16)32-12-28-17-19(27-5)29-23(26)30-20(17)32/h2*6-10,12-14,16,18,22,33H,11H2,1-5H3,(H,31,35)(H3,26,27,29,30)/t14-,16+,18+,22+,24+,40+;14-,16+,18+,22+,24+,40-/m00/s1. The number of carbonyl (C=O) groups is 2. The molecule has 2 aromatic carbocycles. The van der Waals surface area contributed by atoms with Gasteiger partial charge < -0.3 is 60.3 Å². The van der Waals surface area contributed by atoms with E-state index in [0.29, 0.717) is 22.7 Å². The van der Waals surface area contributed by atoms with Crippen molar-refractivity contribution in [2.45, 2.75) is 128 Å². The molecule has 2 fully saturated rings. The molecule has 12 atom stereocenters. The first-order chi connectivity index (χ1) is 37.7. The number of esters is 2. The Hall–Kier alpha value is -6.72. The number of nitrogen functional groups attached to an aromatic ring is 2. The number of aromatic nitrogens is 8. The van der Waals surface area contributed by atoms with Gasteiger partial charge in [-0.1, -0.05) is 36.4 Å². The third-order valence-electron chi connectivity index (χ3n) is 12.2. The highest BCUT2D eigenvalue weighted by atomic mass is 31.2. The number of hydrogen-bond acceptors (Lipinski definition) is 24. The first kappa shape index (κ1) is 60.9. The first-order valence-electron chi connectivity index (χ1n) is 25.0. The molecule has 0 amide bonds. The lowest BCUT2D eigenvalue weighted by molar-refractivity contribution is -0.150. The third-order valence-corrected chi connectivity index (χ3v) is 15.4. The van der Waals surface area contributed by atoms with E-state index >= 15 is 8.78 Å². The number of nitrogens with two attached hydrogens (primary N) is 2. The Morgan fingerprint density at radius 1 is 0.650 bits per heavy atom. The second-order valence-electron chi connectivity index (χ2n) is 19.3. The van der Waals surface area contributed by atoms with Crippen molar-refractivity contribution in [2.24, 2.45) is 0 Å². The monoisotopic (exact) mass is 1160 g/mol. The van der Waals surface area contributed by atoms with E-state index in [1.807, 2.05) is 0 Å². The van der Waals surface area contributed by atoms with Crippen molar-refractivity contribution >= 4 is 73.3 Å². The van der Waals surface area contributed by atoms with Crippen LogP contribution in [-0.4, -0.2) is 149 Å². The van der Waals surface area contributed by atoms with Gasteiger partial charge in [-0.2, -0.15) is 30.1 Å². The number of benzene rings is 2. The van der Waals surface area contributed by atoms with Crippen LogP contribution < -0.4 is 41.3 Å². The smallest absolute Gasteiger partial charge is 0.459 e. The number of alkyl halides is 2. The topological polar surface area (TPSA) is 370 Å². The van der Waals surface area contributed by atoms with Crippen molar-refractivity contribution in [1.29, 1.82) is 0 Å². The fourth-order valence-electron chi connectivity index (χ4n) is 8.27. The van der Waals surface area contributed by atoms with Gasteiger partial charge >= 0.3 is 27.4 Å². The van der Waals surface area contributed by atoms with E-state index in [0.717, 1.165) is 13.8 Å². The van der Waals surface area contributed by atoms with Crippen LogP contribution in [0.1, 0.15) is 67.8 Å². The van der Waals surface area contributed by atoms with Crippen molar-refractivity contribution in [2.75, 3.05) is 49.4 Å². The van der Waals surface area contributed by atoms with Crippen LogP contribution >= 0.6 is 15.5 Å². The Kier molecular flexibility index (Phi) is 19.0. The number of rotatable bonds is 22. The summed E-state index contributed by atoms with van der Waals surface area (Å²) in [7, 11) is -5.32. The van der Waals surface area contributed by atoms with E-state index < -0.39 is 113 Å². The van der Waals surface area contributed by atoms with E-state index in [1.165, 1.54) is 35.6 Å². The highest BCUT2D eigenvalue weighted by Gasteiger charge is 2.57. The molecule has 6 heterocycles. The van der Waals surface area contributed by atoms with Crippen LogP contribution in [0.3, 0.4) is 0 Å². The number of halogens is 2. The van der Waals surface area contributed by atoms with Gasteiger partial charge in [0.25, 0.3) is 0 Å². The average Bonchev–Trinajstić information content (AvgIpc) is 4.23. The minimum Gasteiger partial charge on any atom is -0.462 e. The molecular weight excluding hydrogens is 1100 g/mol. The van der Waals surface area contributed by atoms with Crippen LogP contribution in [0, 0.1) is 0 Å². The molecule has 2 saturated heterocycles. The molecule has 4 aromatic heterocycles. The number of imidazole rings is 2. The molecule has 436 valence electrons. The van der Waals surface area contributed by atoms with Crippen molar-refractivity contribution in [3.63, 3.8) is 0 Å². The minimum absolute atomic E-state index is 0.0761. The van der Waals surface area contributed by atoms with Gasteiger partial charge in [0.15, 0.2) is 57.8 Å². The van der Waals surface area contributed by atoms with Gasteiger partial charge in [0.1, 0.15) is 48.0 Å². The van der Waals surface area contributed by atoms with Gasteiger partial charge in [-0.3, -0.25) is 27.8 Å². The molecule has 2 aliphatic heterocycles. The predicted octanol–water partition coefficient (Wildman–Crippen LogP) is 5.14. The summed E-state index contributed by atoms with van der Waals surface area (Å²) in [5.74, 6) is -0.486. The number of carbonyl (C=O) groups excluding carboxylic acids is 2. The molecule has 28 nitrogen and oxygen atoms in total. The Morgan fingerprint density at radius 3 is 1.32 bits per heavy atom. The van der Waals surface area contributed by atoms with E-state index in [4.69, 9.17) is 48.5 Å². The summed E-state index contributed by atoms with van der Waals surface area (Å²) in [6, 6.07) is 14.1. The van der Waals surface area contributed by atoms with Crippen molar-refractivity contribution in [3.8, 4) is 11.5 Å². The van der Waals surface area contributed by atoms with Gasteiger partial charge in [-0.15, -0.1) is 0 Å². The van der Waals surface area contributed by atoms with Crippen LogP contribution in [-0.2, 0) is 46.7 Å². The van der Waals surface area contributed by atoms with Crippen LogP contribution in [0.4, 0.5) is 32.3 Å². The molecule has 0 spiro atoms. The Labute approximate surface area is 458 Å². The van der Waals surface area contributed by atoms with Gasteiger partial charge in [-0.25, -0.2) is 27.9 Å². The number of nitrogens with one attached hydrogen (secondary N) is 4. The summed E-state index contributed by atoms with van der Waals surface area (Å²) in [5, 5.41) is 32.5. The summed E-state index contributed by atoms with van der Waals surface area (Å²) >= 11 is 0. The van der Waals surface area contributed by atoms with Gasteiger partial charge in [-0.05, 0) is 79.7 Å². The van der Waals surface area contributed by atoms with Crippen LogP contribution in [0.25, 0.3) is 22.3 Å². The maximum atomic E-state index is 16.0. The third kappa shape index (κ3) is 13.9. The molecule has 80 heavy (non-hydrogen) atoms. The summed E-state index contributed by atoms with van der Waals surface area (Å²) in [6.45, 7) is 10.7. The molecule has 0 saturated carbocycles. The van der Waals surface area contributed by atoms with Gasteiger partial charge in [0.2, 0.25) is 11.9 Å². The highest BCUT2D eigenvalue weighted by molar-refractivity contribution is 7.52. The van der Waals surface area contributed by atoms with Gasteiger partial charge in [0, 0.05) is 14.1 Å². The summed E-state index contributed by atoms with van der Waals surface area (Å²) in [6.07, 6.45) is -7.05. The number of nitrogens with zero attached hydrogens (tertiary/aromatic N) is 8. The molecule has 32 heteroatoms. The molecule has 0 radical (unpaired) electrons. The number of para-hydroxylation sites is 2. The second kappa shape index (κ2) is 25.0. The second-order valence-corrected chi connectivity index (χ2v) is 22.7. The molecule has 0 bridgehead atoms. The molecule has 6 aromatic rings. The van der Waals surface area contributed by atoms with E-state index in [-0.39, 0.29) is 34.7 Å². The molecule has 0 unspecified atom stereocenters. The maximum absolute atomic E-state index is 16.0. The quantitative estimate of drug-likeness (QED) is 0.0322. The maximum Gasteiger partial charge on any atom is 0.459 e. The molecule has 2 aliphatic rings. The summed E-state index contributed by atoms with van der Waals surface area (Å²) in [5.41, 5.74) is 7.89. The fraction of sp³-hybridized carbons (Fsp3) is 0.500. The van der Waals surface area contributed by atoms with E-state index in [2.05, 4.69) is 50.7 Å². The molecule has 8 rings (SSSR count). The summed E-state index contributed by atoms with van der Waals surface area (Å²) in [4.78, 5) is 49.6. The zero-order chi connectivity index (χ0) is 58.5. The zero-order valence-corrected chi connectivity index (χ0v) is 47.1. The first-order valence-corrected chi connectivity index (χ1v) is 28.1. The SMILES string of the molecule is CNc1nc(N)nc2c1ncn2[C@@H]1O[C@H](CO[P@@](=O)(N[C@@H](C)C(=O)OC(C)C)Oc2ccccc2)[C@@H](O)[C@@]1(C)F.CNc1nc(N)nc2c1ncn2[C@@H]1O[C@H](CO[P@](=O)(N[C@@H](C)C(=O)OC(C)C)Oc2ccccc2)[C@@H](O)[C@@]1(C)F. The van der Waals surface area contributed by atoms with Crippen molar-refractivity contribution < 1.29 is 74.8 Å². The number of aliphatic hydroxyl groups excluding tert-OH is 2. The largest absolute Gasteiger partial charge is 0.462 e. The molecule has 0 aliphatic carbocycles. The Bertz CT molecular complexity index is 2990. The molecule has 10 N–H and O–H groups in total. The van der Waals surface area contributed by atoms with Crippen molar-refractivity contribution in [1.82, 2.24) is 49.2 Å². The number of hydrogen-bond donors (Lipinski definition) is 8. The van der Waals surface area contributed by atoms with E-state index in [9.17, 15) is 28.9 Å². The lowest BCUT2D eigenvalue weighted by atomic mass is 9.98. The number of ether oxygens (including phenoxy) is 4. The highest BCUT2D eigenvalue weighted by Crippen LogP contribution is 2.50. The average molecular weight is 1160 g/mol. The minimum atomic E-state index is -4.28. The van der Waals surface area contributed by atoms with Crippen molar-refractivity contribution in [3.05, 3.63) is 73.3 Å². The lowest BCUT2D eigenvalue weighted by Gasteiger charge is -2.25. The Balaban J connectivity index is 0.000000231.